The predicted molar refractivity (Wildman–Crippen MR) is 101 cm³/mol. The maximum atomic E-state index is 12.7. The molecular weight excluding hydrogens is 312 g/mol. The quantitative estimate of drug-likeness (QED) is 0.732. The van der Waals surface area contributed by atoms with Gasteiger partial charge in [0.15, 0.2) is 0 Å². The molecule has 128 valence electrons. The topological polar surface area (TPSA) is 51.2 Å². The molecule has 0 unspecified atom stereocenters. The number of methoxy groups -OCH3 is 1. The number of hydrogen-bond acceptors (Lipinski definition) is 3. The Morgan fingerprint density at radius 2 is 1.88 bits per heavy atom. The van der Waals surface area contributed by atoms with E-state index in [2.05, 4.69) is 29.4 Å². The molecule has 0 aliphatic heterocycles. The fraction of sp³-hybridized carbons (Fsp3) is 0.238. The molecule has 4 heteroatoms. The number of rotatable bonds is 5. The molecule has 3 aromatic rings. The van der Waals surface area contributed by atoms with Crippen molar-refractivity contribution in [3.63, 3.8) is 0 Å². The molecule has 0 aliphatic rings. The summed E-state index contributed by atoms with van der Waals surface area (Å²) in [6, 6.07) is 15.5. The number of carbonyl (C=O) groups is 1. The normalized spacial score (nSPS) is 10.7. The standard InChI is InChI=1S/C21H22N2O2/c1-4-5-15-6-8-17(9-7-15)23-21(24)19-13-16-12-18(25-3)10-11-20(16)22-14(19)2/h6-13H,4-5H2,1-3H3,(H,23,24). The van der Waals surface area contributed by atoms with E-state index in [-0.39, 0.29) is 5.91 Å². The van der Waals surface area contributed by atoms with Crippen molar-refractivity contribution in [2.24, 2.45) is 0 Å². The van der Waals surface area contributed by atoms with Gasteiger partial charge in [0.2, 0.25) is 0 Å². The zero-order chi connectivity index (χ0) is 17.8. The van der Waals surface area contributed by atoms with Gasteiger partial charge in [0.05, 0.1) is 23.9 Å². The van der Waals surface area contributed by atoms with Crippen molar-refractivity contribution in [2.75, 3.05) is 12.4 Å². The van der Waals surface area contributed by atoms with Gasteiger partial charge in [-0.25, -0.2) is 0 Å². The first-order chi connectivity index (χ1) is 12.1. The predicted octanol–water partition coefficient (Wildman–Crippen LogP) is 4.76. The molecule has 0 atom stereocenters. The van der Waals surface area contributed by atoms with E-state index in [9.17, 15) is 4.79 Å². The summed E-state index contributed by atoms with van der Waals surface area (Å²) in [6.45, 7) is 4.00. The summed E-state index contributed by atoms with van der Waals surface area (Å²) in [4.78, 5) is 17.2. The van der Waals surface area contributed by atoms with Crippen LogP contribution in [0.3, 0.4) is 0 Å². The molecule has 2 aromatic carbocycles. The highest BCUT2D eigenvalue weighted by Gasteiger charge is 2.12. The second-order valence-electron chi connectivity index (χ2n) is 6.08. The van der Waals surface area contributed by atoms with E-state index in [1.54, 1.807) is 7.11 Å². The van der Waals surface area contributed by atoms with Crippen LogP contribution in [0.1, 0.15) is 35.0 Å². The second kappa shape index (κ2) is 7.34. The fourth-order valence-electron chi connectivity index (χ4n) is 2.85. The van der Waals surface area contributed by atoms with Gasteiger partial charge in [0, 0.05) is 11.1 Å². The number of ether oxygens (including phenoxy) is 1. The minimum atomic E-state index is -0.155. The molecule has 0 saturated heterocycles. The van der Waals surface area contributed by atoms with Crippen molar-refractivity contribution in [3.8, 4) is 5.75 Å². The number of pyridine rings is 1. The maximum Gasteiger partial charge on any atom is 0.257 e. The second-order valence-corrected chi connectivity index (χ2v) is 6.08. The van der Waals surface area contributed by atoms with Gasteiger partial charge in [-0.05, 0) is 55.3 Å². The van der Waals surface area contributed by atoms with Crippen molar-refractivity contribution in [1.29, 1.82) is 0 Å². The number of carbonyl (C=O) groups excluding carboxylic acids is 1. The Morgan fingerprint density at radius 3 is 2.56 bits per heavy atom. The third kappa shape index (κ3) is 3.79. The summed E-state index contributed by atoms with van der Waals surface area (Å²) < 4.78 is 5.25. The molecule has 0 aliphatic carbocycles. The highest BCUT2D eigenvalue weighted by atomic mass is 16.5. The van der Waals surface area contributed by atoms with E-state index in [4.69, 9.17) is 4.74 Å². The van der Waals surface area contributed by atoms with Crippen molar-refractivity contribution >= 4 is 22.5 Å². The SMILES string of the molecule is CCCc1ccc(NC(=O)c2cc3cc(OC)ccc3nc2C)cc1. The molecule has 1 amide bonds. The minimum Gasteiger partial charge on any atom is -0.497 e. The van der Waals surface area contributed by atoms with Crippen LogP contribution in [0.2, 0.25) is 0 Å². The number of benzene rings is 2. The van der Waals surface area contributed by atoms with Gasteiger partial charge in [-0.2, -0.15) is 0 Å². The summed E-state index contributed by atoms with van der Waals surface area (Å²) in [5.41, 5.74) is 4.18. The van der Waals surface area contributed by atoms with Crippen LogP contribution in [0.15, 0.2) is 48.5 Å². The zero-order valence-electron chi connectivity index (χ0n) is 14.8. The Labute approximate surface area is 147 Å². The number of aryl methyl sites for hydroxylation is 2. The van der Waals surface area contributed by atoms with Gasteiger partial charge in [-0.3, -0.25) is 9.78 Å². The molecule has 1 N–H and O–H groups in total. The molecule has 0 radical (unpaired) electrons. The number of nitrogens with one attached hydrogen (secondary N) is 1. The van der Waals surface area contributed by atoms with Crippen LogP contribution in [0.5, 0.6) is 5.75 Å². The van der Waals surface area contributed by atoms with Gasteiger partial charge in [-0.1, -0.05) is 25.5 Å². The summed E-state index contributed by atoms with van der Waals surface area (Å²) in [6.07, 6.45) is 2.15. The Kier molecular flexibility index (Phi) is 4.98. The van der Waals surface area contributed by atoms with Gasteiger partial charge in [0.25, 0.3) is 5.91 Å². The van der Waals surface area contributed by atoms with Crippen molar-refractivity contribution in [3.05, 3.63) is 65.4 Å². The number of fused-ring (bicyclic) bond motifs is 1. The van der Waals surface area contributed by atoms with Gasteiger partial charge < -0.3 is 10.1 Å². The van der Waals surface area contributed by atoms with Crippen LogP contribution in [0.25, 0.3) is 10.9 Å². The lowest BCUT2D eigenvalue weighted by Crippen LogP contribution is -2.14. The van der Waals surface area contributed by atoms with Crippen LogP contribution in [0.4, 0.5) is 5.69 Å². The third-order valence-corrected chi connectivity index (χ3v) is 4.21. The molecule has 4 nitrogen and oxygen atoms in total. The molecule has 0 saturated carbocycles. The Balaban J connectivity index is 1.86. The minimum absolute atomic E-state index is 0.155. The lowest BCUT2D eigenvalue weighted by Gasteiger charge is -2.10. The summed E-state index contributed by atoms with van der Waals surface area (Å²) in [7, 11) is 1.62. The zero-order valence-corrected chi connectivity index (χ0v) is 14.8. The first kappa shape index (κ1) is 17.0. The highest BCUT2D eigenvalue weighted by Crippen LogP contribution is 2.22. The van der Waals surface area contributed by atoms with E-state index in [0.29, 0.717) is 11.3 Å². The largest absolute Gasteiger partial charge is 0.497 e. The molecule has 0 bridgehead atoms. The van der Waals surface area contributed by atoms with Crippen LogP contribution >= 0.6 is 0 Å². The van der Waals surface area contributed by atoms with Crippen molar-refractivity contribution < 1.29 is 9.53 Å². The number of aromatic nitrogens is 1. The lowest BCUT2D eigenvalue weighted by atomic mass is 10.1. The smallest absolute Gasteiger partial charge is 0.257 e. The number of anilines is 1. The molecule has 0 spiro atoms. The molecule has 0 fully saturated rings. The van der Waals surface area contributed by atoms with Gasteiger partial charge in [0.1, 0.15) is 5.75 Å². The van der Waals surface area contributed by atoms with Crippen molar-refractivity contribution in [2.45, 2.75) is 26.7 Å². The summed E-state index contributed by atoms with van der Waals surface area (Å²) in [5.74, 6) is 0.592. The van der Waals surface area contributed by atoms with E-state index in [1.807, 2.05) is 43.3 Å². The van der Waals surface area contributed by atoms with Crippen LogP contribution in [-0.4, -0.2) is 18.0 Å². The van der Waals surface area contributed by atoms with E-state index in [0.717, 1.165) is 35.2 Å². The van der Waals surface area contributed by atoms with E-state index in [1.165, 1.54) is 5.56 Å². The van der Waals surface area contributed by atoms with Crippen LogP contribution < -0.4 is 10.1 Å². The van der Waals surface area contributed by atoms with E-state index < -0.39 is 0 Å². The van der Waals surface area contributed by atoms with Crippen LogP contribution in [-0.2, 0) is 6.42 Å². The summed E-state index contributed by atoms with van der Waals surface area (Å²) >= 11 is 0. The lowest BCUT2D eigenvalue weighted by molar-refractivity contribution is 0.102. The average molecular weight is 334 g/mol. The molecular formula is C21H22N2O2. The molecule has 25 heavy (non-hydrogen) atoms. The van der Waals surface area contributed by atoms with Gasteiger partial charge in [-0.15, -0.1) is 0 Å². The maximum absolute atomic E-state index is 12.7. The molecule has 1 heterocycles. The number of hydrogen-bond donors (Lipinski definition) is 1. The summed E-state index contributed by atoms with van der Waals surface area (Å²) in [5, 5.41) is 3.83. The first-order valence-electron chi connectivity index (χ1n) is 8.46. The van der Waals surface area contributed by atoms with E-state index >= 15 is 0 Å². The van der Waals surface area contributed by atoms with Crippen molar-refractivity contribution in [1.82, 2.24) is 4.98 Å². The Hall–Kier alpha value is -2.88. The number of nitrogens with zero attached hydrogens (tertiary/aromatic N) is 1. The fourth-order valence-corrected chi connectivity index (χ4v) is 2.85. The Morgan fingerprint density at radius 1 is 1.12 bits per heavy atom. The average Bonchev–Trinajstić information content (AvgIpc) is 2.62. The first-order valence-corrected chi connectivity index (χ1v) is 8.46. The highest BCUT2D eigenvalue weighted by molar-refractivity contribution is 6.06. The van der Waals surface area contributed by atoms with Crippen LogP contribution in [0, 0.1) is 6.92 Å². The molecule has 3 rings (SSSR count). The third-order valence-electron chi connectivity index (χ3n) is 4.21. The van der Waals surface area contributed by atoms with Gasteiger partial charge >= 0.3 is 0 Å². The monoisotopic (exact) mass is 334 g/mol. The molecule has 1 aromatic heterocycles. The Bertz CT molecular complexity index is 902. The number of amides is 1.